The van der Waals surface area contributed by atoms with E-state index in [0.717, 1.165) is 11.1 Å². The Morgan fingerprint density at radius 2 is 2.14 bits per heavy atom. The topological polar surface area (TPSA) is 118 Å². The van der Waals surface area contributed by atoms with Gasteiger partial charge in [-0.3, -0.25) is 14.9 Å². The molecule has 0 amide bonds. The molecular formula is C14H13N3O5. The molecule has 22 heavy (non-hydrogen) atoms. The van der Waals surface area contributed by atoms with E-state index in [9.17, 15) is 20.0 Å². The van der Waals surface area contributed by atoms with Crippen LogP contribution in [0, 0.1) is 17.0 Å². The average Bonchev–Trinajstić information content (AvgIpc) is 2.45. The molecule has 0 saturated heterocycles. The van der Waals surface area contributed by atoms with Crippen LogP contribution in [0.15, 0.2) is 23.0 Å². The fourth-order valence-corrected chi connectivity index (χ4v) is 1.83. The van der Waals surface area contributed by atoms with Crippen LogP contribution < -0.4 is 10.3 Å². The number of aromatic hydroxyl groups is 1. The molecule has 0 radical (unpaired) electrons. The van der Waals surface area contributed by atoms with Crippen LogP contribution in [0.25, 0.3) is 12.2 Å². The molecule has 8 heteroatoms. The van der Waals surface area contributed by atoms with E-state index in [1.807, 2.05) is 19.1 Å². The van der Waals surface area contributed by atoms with Crippen LogP contribution >= 0.6 is 0 Å². The molecule has 1 heterocycles. The highest BCUT2D eigenvalue weighted by molar-refractivity contribution is 5.68. The maximum atomic E-state index is 11.5. The van der Waals surface area contributed by atoms with Gasteiger partial charge < -0.3 is 14.8 Å². The molecule has 8 nitrogen and oxygen atoms in total. The lowest BCUT2D eigenvalue weighted by Gasteiger charge is -2.04. The Hall–Kier alpha value is -3.16. The predicted octanol–water partition coefficient (Wildman–Crippen LogP) is 1.87. The van der Waals surface area contributed by atoms with Crippen LogP contribution in [0.3, 0.4) is 0 Å². The number of aryl methyl sites for hydroxylation is 1. The smallest absolute Gasteiger partial charge is 0.395 e. The first-order valence-corrected chi connectivity index (χ1v) is 6.22. The summed E-state index contributed by atoms with van der Waals surface area (Å²) in [5.74, 6) is -0.210. The number of aromatic nitrogens is 2. The van der Waals surface area contributed by atoms with Crippen LogP contribution in [-0.4, -0.2) is 27.1 Å². The van der Waals surface area contributed by atoms with Crippen molar-refractivity contribution >= 4 is 17.8 Å². The largest absolute Gasteiger partial charge is 0.496 e. The molecule has 1 aromatic heterocycles. The lowest BCUT2D eigenvalue weighted by atomic mass is 10.1. The first kappa shape index (κ1) is 15.2. The molecule has 0 bridgehead atoms. The lowest BCUT2D eigenvalue weighted by molar-refractivity contribution is -0.387. The SMILES string of the molecule is COc1cc(/C=C/c2nc(O)c([N+](=O)[O-])c(=O)[nH]2)ccc1C. The molecule has 0 saturated carbocycles. The summed E-state index contributed by atoms with van der Waals surface area (Å²) >= 11 is 0. The number of H-pyrrole nitrogens is 1. The minimum atomic E-state index is -1.02. The van der Waals surface area contributed by atoms with Gasteiger partial charge in [-0.1, -0.05) is 18.2 Å². The summed E-state index contributed by atoms with van der Waals surface area (Å²) in [4.78, 5) is 26.9. The highest BCUT2D eigenvalue weighted by Gasteiger charge is 2.21. The summed E-state index contributed by atoms with van der Waals surface area (Å²) in [6.07, 6.45) is 3.06. The third-order valence-corrected chi connectivity index (χ3v) is 2.94. The third-order valence-electron chi connectivity index (χ3n) is 2.94. The van der Waals surface area contributed by atoms with Gasteiger partial charge in [-0.25, -0.2) is 0 Å². The molecule has 2 N–H and O–H groups in total. The zero-order valence-electron chi connectivity index (χ0n) is 11.9. The van der Waals surface area contributed by atoms with Crippen LogP contribution in [-0.2, 0) is 0 Å². The summed E-state index contributed by atoms with van der Waals surface area (Å²) in [5, 5.41) is 20.0. The molecule has 2 rings (SSSR count). The average molecular weight is 303 g/mol. The molecular weight excluding hydrogens is 290 g/mol. The number of ether oxygens (including phenoxy) is 1. The van der Waals surface area contributed by atoms with E-state index in [1.165, 1.54) is 6.08 Å². The molecule has 1 aromatic carbocycles. The molecule has 114 valence electrons. The van der Waals surface area contributed by atoms with Crippen LogP contribution in [0.2, 0.25) is 0 Å². The first-order chi connectivity index (χ1) is 10.4. The van der Waals surface area contributed by atoms with E-state index in [1.54, 1.807) is 19.3 Å². The summed E-state index contributed by atoms with van der Waals surface area (Å²) in [7, 11) is 1.56. The highest BCUT2D eigenvalue weighted by atomic mass is 16.6. The Morgan fingerprint density at radius 1 is 1.41 bits per heavy atom. The number of nitro groups is 1. The molecule has 0 fully saturated rings. The van der Waals surface area contributed by atoms with Gasteiger partial charge in [0, 0.05) is 0 Å². The van der Waals surface area contributed by atoms with Crippen molar-refractivity contribution in [3.63, 3.8) is 0 Å². The number of rotatable bonds is 4. The second-order valence-corrected chi connectivity index (χ2v) is 4.44. The first-order valence-electron chi connectivity index (χ1n) is 6.22. The number of benzene rings is 1. The fourth-order valence-electron chi connectivity index (χ4n) is 1.83. The third kappa shape index (κ3) is 3.11. The molecule has 0 spiro atoms. The molecule has 0 atom stereocenters. The van der Waals surface area contributed by atoms with Gasteiger partial charge in [-0.2, -0.15) is 4.98 Å². The van der Waals surface area contributed by atoms with E-state index in [0.29, 0.717) is 5.75 Å². The number of nitrogens with one attached hydrogen (secondary N) is 1. The Labute approximate surface area is 124 Å². The van der Waals surface area contributed by atoms with Crippen molar-refractivity contribution in [2.24, 2.45) is 0 Å². The lowest BCUT2D eigenvalue weighted by Crippen LogP contribution is -2.14. The van der Waals surface area contributed by atoms with Crippen molar-refractivity contribution in [2.75, 3.05) is 7.11 Å². The molecule has 2 aromatic rings. The zero-order chi connectivity index (χ0) is 16.3. The quantitative estimate of drug-likeness (QED) is 0.657. The maximum absolute atomic E-state index is 11.5. The Morgan fingerprint density at radius 3 is 2.73 bits per heavy atom. The minimum Gasteiger partial charge on any atom is -0.496 e. The van der Waals surface area contributed by atoms with Gasteiger partial charge in [-0.05, 0) is 30.2 Å². The van der Waals surface area contributed by atoms with Crippen molar-refractivity contribution in [3.8, 4) is 11.6 Å². The summed E-state index contributed by atoms with van der Waals surface area (Å²) in [6.45, 7) is 1.90. The van der Waals surface area contributed by atoms with Gasteiger partial charge >= 0.3 is 11.2 Å². The highest BCUT2D eigenvalue weighted by Crippen LogP contribution is 2.21. The van der Waals surface area contributed by atoms with E-state index in [2.05, 4.69) is 9.97 Å². The van der Waals surface area contributed by atoms with E-state index in [4.69, 9.17) is 4.74 Å². The van der Waals surface area contributed by atoms with Crippen LogP contribution in [0.1, 0.15) is 17.0 Å². The molecule has 0 unspecified atom stereocenters. The maximum Gasteiger partial charge on any atom is 0.395 e. The van der Waals surface area contributed by atoms with Gasteiger partial charge in [-0.15, -0.1) is 0 Å². The Bertz CT molecular complexity index is 811. The molecule has 0 aliphatic carbocycles. The summed E-state index contributed by atoms with van der Waals surface area (Å²) < 4.78 is 5.20. The van der Waals surface area contributed by atoms with Gasteiger partial charge in [0.2, 0.25) is 0 Å². The number of hydrogen-bond donors (Lipinski definition) is 2. The number of nitrogens with zero attached hydrogens (tertiary/aromatic N) is 2. The Balaban J connectivity index is 2.35. The van der Waals surface area contributed by atoms with Crippen molar-refractivity contribution in [1.82, 2.24) is 9.97 Å². The molecule has 0 aliphatic rings. The van der Waals surface area contributed by atoms with E-state index in [-0.39, 0.29) is 5.82 Å². The van der Waals surface area contributed by atoms with E-state index >= 15 is 0 Å². The van der Waals surface area contributed by atoms with Crippen molar-refractivity contribution in [2.45, 2.75) is 6.92 Å². The van der Waals surface area contributed by atoms with Gasteiger partial charge in [0.15, 0.2) is 0 Å². The second kappa shape index (κ2) is 6.08. The van der Waals surface area contributed by atoms with Crippen molar-refractivity contribution in [3.05, 3.63) is 55.6 Å². The molecule has 0 aliphatic heterocycles. The summed E-state index contributed by atoms with van der Waals surface area (Å²) in [5.41, 5.74) is -0.241. The van der Waals surface area contributed by atoms with Crippen LogP contribution in [0.5, 0.6) is 11.6 Å². The van der Waals surface area contributed by atoms with Gasteiger partial charge in [0.1, 0.15) is 11.6 Å². The fraction of sp³-hybridized carbons (Fsp3) is 0.143. The van der Waals surface area contributed by atoms with E-state index < -0.39 is 22.0 Å². The van der Waals surface area contributed by atoms with Crippen LogP contribution in [0.4, 0.5) is 5.69 Å². The minimum absolute atomic E-state index is 0.00708. The normalized spacial score (nSPS) is 10.8. The standard InChI is InChI=1S/C14H13N3O5/c1-8-3-4-9(7-10(8)22-2)5-6-11-15-13(18)12(17(20)21)14(19)16-11/h3-7H,1-2H3,(H2,15,16,18,19)/b6-5+. The van der Waals surface area contributed by atoms with Gasteiger partial charge in [0.25, 0.3) is 5.88 Å². The number of methoxy groups -OCH3 is 1. The predicted molar refractivity (Wildman–Crippen MR) is 79.8 cm³/mol. The second-order valence-electron chi connectivity index (χ2n) is 4.44. The Kier molecular flexibility index (Phi) is 4.21. The monoisotopic (exact) mass is 303 g/mol. The number of hydrogen-bond acceptors (Lipinski definition) is 6. The van der Waals surface area contributed by atoms with Crippen molar-refractivity contribution < 1.29 is 14.8 Å². The zero-order valence-corrected chi connectivity index (χ0v) is 11.9. The number of aromatic amines is 1. The van der Waals surface area contributed by atoms with Crippen molar-refractivity contribution in [1.29, 1.82) is 0 Å². The summed E-state index contributed by atoms with van der Waals surface area (Å²) in [6, 6.07) is 5.48. The van der Waals surface area contributed by atoms with Gasteiger partial charge in [0.05, 0.1) is 12.0 Å².